The number of rotatable bonds is 5. The van der Waals surface area contributed by atoms with E-state index in [1.165, 1.54) is 4.88 Å². The number of imidazole rings is 1. The van der Waals surface area contributed by atoms with Crippen molar-refractivity contribution in [3.63, 3.8) is 0 Å². The molecule has 0 bridgehead atoms. The summed E-state index contributed by atoms with van der Waals surface area (Å²) in [5.74, 6) is 0.960. The Morgan fingerprint density at radius 2 is 2.33 bits per heavy atom. The first-order valence-corrected chi connectivity index (χ1v) is 6.82. The maximum atomic E-state index is 9.84. The zero-order valence-electron chi connectivity index (χ0n) is 10.9. The molecule has 1 unspecified atom stereocenters. The average molecular weight is 265 g/mol. The molecule has 0 fully saturated rings. The molecule has 0 saturated carbocycles. The monoisotopic (exact) mass is 265 g/mol. The standard InChI is InChI=1S/C13H19N3OS/c1-13(2,17)9-15-11(10-5-4-8-18-10)12-14-6-7-16(12)3/h4-8,11,15,17H,9H2,1-3H3. The minimum atomic E-state index is -0.735. The number of nitrogens with zero attached hydrogens (tertiary/aromatic N) is 2. The van der Waals surface area contributed by atoms with Gasteiger partial charge in [0, 0.05) is 30.9 Å². The normalized spacial score (nSPS) is 13.8. The van der Waals surface area contributed by atoms with Crippen LogP contribution in [0.25, 0.3) is 0 Å². The molecule has 4 nitrogen and oxygen atoms in total. The summed E-state index contributed by atoms with van der Waals surface area (Å²) < 4.78 is 2.00. The lowest BCUT2D eigenvalue weighted by molar-refractivity contribution is 0.0775. The fourth-order valence-electron chi connectivity index (χ4n) is 1.78. The van der Waals surface area contributed by atoms with Gasteiger partial charge >= 0.3 is 0 Å². The topological polar surface area (TPSA) is 50.1 Å². The van der Waals surface area contributed by atoms with Crippen molar-refractivity contribution in [2.75, 3.05) is 6.54 Å². The Balaban J connectivity index is 2.22. The van der Waals surface area contributed by atoms with Crippen molar-refractivity contribution < 1.29 is 5.11 Å². The van der Waals surface area contributed by atoms with Crippen molar-refractivity contribution in [1.82, 2.24) is 14.9 Å². The molecule has 2 aromatic rings. The summed E-state index contributed by atoms with van der Waals surface area (Å²) in [6.45, 7) is 4.11. The van der Waals surface area contributed by atoms with E-state index in [2.05, 4.69) is 21.7 Å². The van der Waals surface area contributed by atoms with Crippen molar-refractivity contribution >= 4 is 11.3 Å². The van der Waals surface area contributed by atoms with Crippen LogP contribution < -0.4 is 5.32 Å². The predicted molar refractivity (Wildman–Crippen MR) is 73.7 cm³/mol. The second-order valence-corrected chi connectivity index (χ2v) is 6.02. The van der Waals surface area contributed by atoms with Crippen LogP contribution in [-0.2, 0) is 7.05 Å². The van der Waals surface area contributed by atoms with Gasteiger partial charge in [0.25, 0.3) is 0 Å². The number of nitrogens with one attached hydrogen (secondary N) is 1. The van der Waals surface area contributed by atoms with Gasteiger partial charge in [-0.3, -0.25) is 0 Å². The third-order valence-corrected chi connectivity index (χ3v) is 3.62. The largest absolute Gasteiger partial charge is 0.389 e. The molecule has 2 rings (SSSR count). The Bertz CT molecular complexity index is 485. The molecular weight excluding hydrogens is 246 g/mol. The van der Waals surface area contributed by atoms with Crippen LogP contribution in [0.2, 0.25) is 0 Å². The zero-order valence-corrected chi connectivity index (χ0v) is 11.7. The van der Waals surface area contributed by atoms with Crippen LogP contribution in [0, 0.1) is 0 Å². The smallest absolute Gasteiger partial charge is 0.131 e. The number of hydrogen-bond donors (Lipinski definition) is 2. The van der Waals surface area contributed by atoms with E-state index >= 15 is 0 Å². The molecule has 0 aromatic carbocycles. The van der Waals surface area contributed by atoms with E-state index < -0.39 is 5.60 Å². The first kappa shape index (κ1) is 13.3. The van der Waals surface area contributed by atoms with E-state index in [9.17, 15) is 5.11 Å². The van der Waals surface area contributed by atoms with Crippen molar-refractivity contribution in [2.24, 2.45) is 7.05 Å². The minimum Gasteiger partial charge on any atom is -0.389 e. The van der Waals surface area contributed by atoms with Gasteiger partial charge in [0.1, 0.15) is 11.9 Å². The van der Waals surface area contributed by atoms with E-state index in [1.54, 1.807) is 31.4 Å². The maximum Gasteiger partial charge on any atom is 0.131 e. The van der Waals surface area contributed by atoms with E-state index in [4.69, 9.17) is 0 Å². The lowest BCUT2D eigenvalue weighted by Gasteiger charge is -2.23. The molecule has 0 saturated heterocycles. The highest BCUT2D eigenvalue weighted by Gasteiger charge is 2.22. The van der Waals surface area contributed by atoms with E-state index in [0.29, 0.717) is 6.54 Å². The fourth-order valence-corrected chi connectivity index (χ4v) is 2.58. The van der Waals surface area contributed by atoms with Crippen molar-refractivity contribution in [1.29, 1.82) is 0 Å². The molecule has 2 aromatic heterocycles. The van der Waals surface area contributed by atoms with Gasteiger partial charge in [-0.1, -0.05) is 6.07 Å². The number of aliphatic hydroxyl groups is 1. The second kappa shape index (κ2) is 5.22. The Kier molecular flexibility index (Phi) is 3.85. The summed E-state index contributed by atoms with van der Waals surface area (Å²) in [6, 6.07) is 4.14. The van der Waals surface area contributed by atoms with E-state index in [-0.39, 0.29) is 6.04 Å². The van der Waals surface area contributed by atoms with Gasteiger partial charge < -0.3 is 15.0 Å². The molecule has 5 heteroatoms. The van der Waals surface area contributed by atoms with Crippen LogP contribution >= 0.6 is 11.3 Å². The second-order valence-electron chi connectivity index (χ2n) is 5.04. The molecular formula is C13H19N3OS. The van der Waals surface area contributed by atoms with Gasteiger partial charge in [-0.25, -0.2) is 4.98 Å². The first-order valence-electron chi connectivity index (χ1n) is 5.94. The molecule has 0 aliphatic carbocycles. The van der Waals surface area contributed by atoms with Crippen molar-refractivity contribution in [3.8, 4) is 0 Å². The van der Waals surface area contributed by atoms with Crippen LogP contribution in [0.15, 0.2) is 29.9 Å². The van der Waals surface area contributed by atoms with Crippen molar-refractivity contribution in [3.05, 3.63) is 40.6 Å². The first-order chi connectivity index (χ1) is 8.47. The van der Waals surface area contributed by atoms with Gasteiger partial charge in [0.05, 0.1) is 5.60 Å². The molecule has 1 atom stereocenters. The highest BCUT2D eigenvalue weighted by atomic mass is 32.1. The third kappa shape index (κ3) is 3.19. The van der Waals surface area contributed by atoms with Gasteiger partial charge in [-0.2, -0.15) is 0 Å². The van der Waals surface area contributed by atoms with Crippen LogP contribution in [0.4, 0.5) is 0 Å². The highest BCUT2D eigenvalue weighted by Crippen LogP contribution is 2.24. The van der Waals surface area contributed by atoms with Gasteiger partial charge in [0.2, 0.25) is 0 Å². The summed E-state index contributed by atoms with van der Waals surface area (Å²) in [5, 5.41) is 15.3. The molecule has 98 valence electrons. The third-order valence-electron chi connectivity index (χ3n) is 2.68. The quantitative estimate of drug-likeness (QED) is 0.868. The summed E-state index contributed by atoms with van der Waals surface area (Å²) >= 11 is 1.69. The average Bonchev–Trinajstić information content (AvgIpc) is 2.90. The lowest BCUT2D eigenvalue weighted by Crippen LogP contribution is -2.37. The summed E-state index contributed by atoms with van der Waals surface area (Å²) in [4.78, 5) is 5.60. The number of thiophene rings is 1. The summed E-state index contributed by atoms with van der Waals surface area (Å²) in [6.07, 6.45) is 3.73. The lowest BCUT2D eigenvalue weighted by atomic mass is 10.1. The van der Waals surface area contributed by atoms with Crippen LogP contribution in [0.1, 0.15) is 30.6 Å². The fraction of sp³-hybridized carbons (Fsp3) is 0.462. The van der Waals surface area contributed by atoms with Gasteiger partial charge in [-0.15, -0.1) is 11.3 Å². The molecule has 2 N–H and O–H groups in total. The number of aromatic nitrogens is 2. The van der Waals surface area contributed by atoms with Crippen molar-refractivity contribution in [2.45, 2.75) is 25.5 Å². The Labute approximate surface area is 111 Å². The predicted octanol–water partition coefficient (Wildman–Crippen LogP) is 1.93. The van der Waals surface area contributed by atoms with Crippen LogP contribution in [-0.4, -0.2) is 26.8 Å². The zero-order chi connectivity index (χ0) is 13.2. The molecule has 0 aliphatic rings. The Morgan fingerprint density at radius 1 is 1.56 bits per heavy atom. The van der Waals surface area contributed by atoms with Crippen LogP contribution in [0.5, 0.6) is 0 Å². The van der Waals surface area contributed by atoms with Crippen LogP contribution in [0.3, 0.4) is 0 Å². The minimum absolute atomic E-state index is 0.0245. The molecule has 0 aliphatic heterocycles. The molecule has 0 spiro atoms. The molecule has 2 heterocycles. The van der Waals surface area contributed by atoms with Gasteiger partial charge in [0.15, 0.2) is 0 Å². The summed E-state index contributed by atoms with van der Waals surface area (Å²) in [5.41, 5.74) is -0.735. The SMILES string of the molecule is Cn1ccnc1C(NCC(C)(C)O)c1cccs1. The number of aryl methyl sites for hydroxylation is 1. The van der Waals surface area contributed by atoms with E-state index in [0.717, 1.165) is 5.82 Å². The molecule has 18 heavy (non-hydrogen) atoms. The maximum absolute atomic E-state index is 9.84. The number of hydrogen-bond acceptors (Lipinski definition) is 4. The van der Waals surface area contributed by atoms with E-state index in [1.807, 2.05) is 23.9 Å². The molecule has 0 amide bonds. The Morgan fingerprint density at radius 3 is 2.83 bits per heavy atom. The molecule has 0 radical (unpaired) electrons. The summed E-state index contributed by atoms with van der Waals surface area (Å²) in [7, 11) is 1.98. The highest BCUT2D eigenvalue weighted by molar-refractivity contribution is 7.10. The van der Waals surface area contributed by atoms with Gasteiger partial charge in [-0.05, 0) is 25.3 Å². The Hall–Kier alpha value is -1.17.